The number of primary sulfonamides is 1. The quantitative estimate of drug-likeness (QED) is 0.713. The van der Waals surface area contributed by atoms with Crippen molar-refractivity contribution in [3.05, 3.63) is 51.9 Å². The summed E-state index contributed by atoms with van der Waals surface area (Å²) in [6.45, 7) is 1.85. The highest BCUT2D eigenvalue weighted by Crippen LogP contribution is 2.25. The van der Waals surface area contributed by atoms with Crippen molar-refractivity contribution in [2.75, 3.05) is 5.32 Å². The van der Waals surface area contributed by atoms with Gasteiger partial charge in [-0.2, -0.15) is 0 Å². The third-order valence-electron chi connectivity index (χ3n) is 3.60. The van der Waals surface area contributed by atoms with Crippen LogP contribution in [0.5, 0.6) is 0 Å². The molecule has 0 amide bonds. The van der Waals surface area contributed by atoms with Gasteiger partial charge in [0.2, 0.25) is 16.0 Å². The van der Waals surface area contributed by atoms with E-state index in [0.29, 0.717) is 11.4 Å². The van der Waals surface area contributed by atoms with Crippen molar-refractivity contribution in [3.63, 3.8) is 0 Å². The van der Waals surface area contributed by atoms with Gasteiger partial charge in [0.05, 0.1) is 15.5 Å². The Morgan fingerprint density at radius 2 is 2.04 bits per heavy atom. The lowest BCUT2D eigenvalue weighted by Crippen LogP contribution is -2.12. The van der Waals surface area contributed by atoms with Crippen LogP contribution in [0.15, 0.2) is 46.2 Å². The lowest BCUT2D eigenvalue weighted by atomic mass is 10.3. The molecule has 0 saturated heterocycles. The SMILES string of the molecule is Cc1c(-c2ccnc(Nc3cccc(S(N)(=O)=O)c3)n2)sc(=O)n1C. The van der Waals surface area contributed by atoms with E-state index in [4.69, 9.17) is 5.14 Å². The molecule has 3 rings (SSSR count). The number of hydrogen-bond acceptors (Lipinski definition) is 7. The maximum absolute atomic E-state index is 11.8. The summed E-state index contributed by atoms with van der Waals surface area (Å²) in [6, 6.07) is 7.76. The summed E-state index contributed by atoms with van der Waals surface area (Å²) in [4.78, 5) is 21.0. The third kappa shape index (κ3) is 3.60. The molecule has 0 fully saturated rings. The number of thiazole rings is 1. The van der Waals surface area contributed by atoms with Crippen LogP contribution in [0.3, 0.4) is 0 Å². The van der Waals surface area contributed by atoms with Gasteiger partial charge in [0.1, 0.15) is 0 Å². The van der Waals surface area contributed by atoms with Crippen molar-refractivity contribution in [1.29, 1.82) is 0 Å². The summed E-state index contributed by atoms with van der Waals surface area (Å²) in [5, 5.41) is 8.08. The van der Waals surface area contributed by atoms with Crippen molar-refractivity contribution >= 4 is 33.0 Å². The Bertz CT molecular complexity index is 1100. The number of sulfonamides is 1. The fourth-order valence-corrected chi connectivity index (χ4v) is 3.69. The van der Waals surface area contributed by atoms with Crippen LogP contribution < -0.4 is 15.3 Å². The summed E-state index contributed by atoms with van der Waals surface area (Å²) in [5.74, 6) is 0.284. The first kappa shape index (κ1) is 17.3. The Morgan fingerprint density at radius 1 is 1.28 bits per heavy atom. The van der Waals surface area contributed by atoms with E-state index in [0.717, 1.165) is 21.9 Å². The number of hydrogen-bond donors (Lipinski definition) is 2. The highest BCUT2D eigenvalue weighted by Gasteiger charge is 2.13. The molecule has 2 heterocycles. The van der Waals surface area contributed by atoms with Crippen LogP contribution in [0.4, 0.5) is 11.6 Å². The molecule has 130 valence electrons. The number of nitrogens with zero attached hydrogens (tertiary/aromatic N) is 3. The van der Waals surface area contributed by atoms with Crippen molar-refractivity contribution < 1.29 is 8.42 Å². The predicted octanol–water partition coefficient (Wildman–Crippen LogP) is 1.60. The molecule has 0 aliphatic rings. The van der Waals surface area contributed by atoms with Gasteiger partial charge in [-0.05, 0) is 31.2 Å². The van der Waals surface area contributed by atoms with Gasteiger partial charge in [-0.1, -0.05) is 17.4 Å². The summed E-state index contributed by atoms with van der Waals surface area (Å²) in [5.41, 5.74) is 1.91. The minimum atomic E-state index is -3.79. The number of rotatable bonds is 4. The van der Waals surface area contributed by atoms with E-state index >= 15 is 0 Å². The van der Waals surface area contributed by atoms with Gasteiger partial charge < -0.3 is 9.88 Å². The zero-order valence-corrected chi connectivity index (χ0v) is 15.1. The second-order valence-corrected chi connectivity index (χ2v) is 7.83. The molecule has 10 heteroatoms. The van der Waals surface area contributed by atoms with E-state index in [1.807, 2.05) is 6.92 Å². The van der Waals surface area contributed by atoms with Crippen LogP contribution in [0.25, 0.3) is 10.6 Å². The van der Waals surface area contributed by atoms with E-state index in [-0.39, 0.29) is 15.7 Å². The van der Waals surface area contributed by atoms with E-state index in [9.17, 15) is 13.2 Å². The molecule has 0 aliphatic heterocycles. The highest BCUT2D eigenvalue weighted by molar-refractivity contribution is 7.89. The maximum Gasteiger partial charge on any atom is 0.307 e. The molecule has 0 aliphatic carbocycles. The van der Waals surface area contributed by atoms with Crippen molar-refractivity contribution in [2.24, 2.45) is 12.2 Å². The highest BCUT2D eigenvalue weighted by atomic mass is 32.2. The van der Waals surface area contributed by atoms with Crippen LogP contribution in [0, 0.1) is 6.92 Å². The number of nitrogens with one attached hydrogen (secondary N) is 1. The van der Waals surface area contributed by atoms with Crippen LogP contribution in [-0.2, 0) is 17.1 Å². The lowest BCUT2D eigenvalue weighted by Gasteiger charge is -2.07. The topological polar surface area (TPSA) is 120 Å². The van der Waals surface area contributed by atoms with Gasteiger partial charge >= 0.3 is 4.87 Å². The van der Waals surface area contributed by atoms with Gasteiger partial charge in [0, 0.05) is 24.6 Å². The molecule has 0 unspecified atom stereocenters. The van der Waals surface area contributed by atoms with Gasteiger partial charge in [-0.25, -0.2) is 23.5 Å². The second kappa shape index (κ2) is 6.39. The Hall–Kier alpha value is -2.56. The van der Waals surface area contributed by atoms with Crippen LogP contribution in [0.2, 0.25) is 0 Å². The van der Waals surface area contributed by atoms with Crippen LogP contribution >= 0.6 is 11.3 Å². The molecule has 3 aromatic rings. The van der Waals surface area contributed by atoms with Gasteiger partial charge in [-0.3, -0.25) is 4.79 Å². The second-order valence-electron chi connectivity index (χ2n) is 5.30. The Morgan fingerprint density at radius 3 is 2.68 bits per heavy atom. The summed E-state index contributed by atoms with van der Waals surface area (Å²) < 4.78 is 24.4. The Kier molecular flexibility index (Phi) is 4.41. The van der Waals surface area contributed by atoms with E-state index < -0.39 is 10.0 Å². The third-order valence-corrected chi connectivity index (χ3v) is 5.67. The molecular weight excluding hydrogens is 362 g/mol. The molecule has 2 aromatic heterocycles. The fourth-order valence-electron chi connectivity index (χ4n) is 2.18. The van der Waals surface area contributed by atoms with Gasteiger partial charge in [0.15, 0.2) is 0 Å². The zero-order valence-electron chi connectivity index (χ0n) is 13.4. The fraction of sp³-hybridized carbons (Fsp3) is 0.133. The van der Waals surface area contributed by atoms with Crippen molar-refractivity contribution in [2.45, 2.75) is 11.8 Å². The lowest BCUT2D eigenvalue weighted by molar-refractivity contribution is 0.598. The molecular formula is C15H15N5O3S2. The van der Waals surface area contributed by atoms with E-state index in [2.05, 4.69) is 15.3 Å². The molecule has 3 N–H and O–H groups in total. The smallest absolute Gasteiger partial charge is 0.307 e. The minimum absolute atomic E-state index is 0.00854. The number of nitrogens with two attached hydrogens (primary N) is 1. The van der Waals surface area contributed by atoms with Crippen molar-refractivity contribution in [1.82, 2.24) is 14.5 Å². The number of anilines is 2. The van der Waals surface area contributed by atoms with E-state index in [1.54, 1.807) is 36.0 Å². The molecule has 0 atom stereocenters. The first-order valence-corrected chi connectivity index (χ1v) is 9.52. The minimum Gasteiger partial charge on any atom is -0.324 e. The monoisotopic (exact) mass is 377 g/mol. The number of aromatic nitrogens is 3. The van der Waals surface area contributed by atoms with Gasteiger partial charge in [-0.15, -0.1) is 0 Å². The molecule has 0 spiro atoms. The first-order valence-electron chi connectivity index (χ1n) is 7.15. The average molecular weight is 377 g/mol. The first-order chi connectivity index (χ1) is 11.8. The maximum atomic E-state index is 11.8. The van der Waals surface area contributed by atoms with Gasteiger partial charge in [0.25, 0.3) is 0 Å². The predicted molar refractivity (Wildman–Crippen MR) is 96.4 cm³/mol. The summed E-state index contributed by atoms with van der Waals surface area (Å²) in [7, 11) is -2.09. The van der Waals surface area contributed by atoms with Crippen molar-refractivity contribution in [3.8, 4) is 10.6 Å². The molecule has 1 aromatic carbocycles. The molecule has 0 bridgehead atoms. The number of benzene rings is 1. The van der Waals surface area contributed by atoms with Crippen LogP contribution in [0.1, 0.15) is 5.69 Å². The standard InChI is InChI=1S/C15H15N5O3S2/c1-9-13(24-15(21)20(9)2)12-6-7-17-14(19-12)18-10-4-3-5-11(8-10)25(16,22)23/h3-8H,1-2H3,(H2,16,22,23)(H,17,18,19). The largest absolute Gasteiger partial charge is 0.324 e. The summed E-state index contributed by atoms with van der Waals surface area (Å²) in [6.07, 6.45) is 1.57. The average Bonchev–Trinajstić information content (AvgIpc) is 2.82. The van der Waals surface area contributed by atoms with Crippen LogP contribution in [-0.4, -0.2) is 23.0 Å². The molecule has 25 heavy (non-hydrogen) atoms. The molecule has 0 saturated carbocycles. The Balaban J connectivity index is 1.95. The van der Waals surface area contributed by atoms with E-state index in [1.165, 1.54) is 12.1 Å². The summed E-state index contributed by atoms with van der Waals surface area (Å²) >= 11 is 1.11. The molecule has 0 radical (unpaired) electrons. The molecule has 8 nitrogen and oxygen atoms in total. The zero-order chi connectivity index (χ0) is 18.2. The normalized spacial score (nSPS) is 11.5. The Labute approximate surface area is 148 Å².